The van der Waals surface area contributed by atoms with Crippen LogP contribution in [-0.2, 0) is 35.3 Å². The predicted octanol–water partition coefficient (Wildman–Crippen LogP) is -0.319. The van der Waals surface area contributed by atoms with E-state index in [1.54, 1.807) is 0 Å². The lowest BCUT2D eigenvalue weighted by molar-refractivity contribution is -0.144. The summed E-state index contributed by atoms with van der Waals surface area (Å²) < 4.78 is 5.66. The number of carboxylic acids is 5. The summed E-state index contributed by atoms with van der Waals surface area (Å²) in [5.74, 6) is -5.79. The van der Waals surface area contributed by atoms with E-state index in [2.05, 4.69) is 0 Å². The smallest absolute Gasteiger partial charge is 0.317 e. The molecule has 0 aliphatic rings. The molecule has 14 heteroatoms. The van der Waals surface area contributed by atoms with Crippen LogP contribution in [0.1, 0.15) is 18.4 Å². The summed E-state index contributed by atoms with van der Waals surface area (Å²) >= 11 is 0. The highest BCUT2D eigenvalue weighted by Gasteiger charge is 2.25. The van der Waals surface area contributed by atoms with E-state index in [0.717, 1.165) is 5.56 Å². The molecule has 0 radical (unpaired) electrons. The van der Waals surface area contributed by atoms with Gasteiger partial charge in [-0.2, -0.15) is 0 Å². The molecule has 212 valence electrons. The highest BCUT2D eigenvalue weighted by Crippen LogP contribution is 2.09. The zero-order valence-corrected chi connectivity index (χ0v) is 21.0. The van der Waals surface area contributed by atoms with Crippen molar-refractivity contribution in [3.63, 3.8) is 0 Å². The largest absolute Gasteiger partial charge is 0.481 e. The van der Waals surface area contributed by atoms with Crippen molar-refractivity contribution in [2.45, 2.75) is 25.5 Å². The Morgan fingerprint density at radius 2 is 1.18 bits per heavy atom. The Bertz CT molecular complexity index is 913. The van der Waals surface area contributed by atoms with Crippen molar-refractivity contribution in [1.82, 2.24) is 14.7 Å². The molecule has 0 saturated heterocycles. The summed E-state index contributed by atoms with van der Waals surface area (Å²) in [7, 11) is 0. The van der Waals surface area contributed by atoms with E-state index in [0.29, 0.717) is 0 Å². The molecule has 0 amide bonds. The Hall–Kier alpha value is -3.59. The Balaban J connectivity index is 2.89. The summed E-state index contributed by atoms with van der Waals surface area (Å²) in [4.78, 5) is 60.6. The topological polar surface area (TPSA) is 205 Å². The predicted molar refractivity (Wildman–Crippen MR) is 132 cm³/mol. The average molecular weight is 542 g/mol. The van der Waals surface area contributed by atoms with Crippen molar-refractivity contribution in [2.24, 2.45) is 0 Å². The standard InChI is InChI=1S/C24H35N3O11/c28-20(29)6-7-25(13-22(32)33)8-9-26(14-23(34)35)10-11-27(15-24(36)37)19(12-21(30)31)17-38-16-18-4-2-1-3-5-18/h1-5,19H,6-17H2,(H,28,29)(H,30,31)(H,32,33)(H,34,35)(H,36,37). The van der Waals surface area contributed by atoms with Crippen LogP contribution in [-0.4, -0.2) is 135 Å². The van der Waals surface area contributed by atoms with Crippen LogP contribution in [0.15, 0.2) is 30.3 Å². The summed E-state index contributed by atoms with van der Waals surface area (Å²) in [5, 5.41) is 46.0. The minimum absolute atomic E-state index is 0.000278. The maximum absolute atomic E-state index is 11.5. The van der Waals surface area contributed by atoms with Crippen molar-refractivity contribution < 1.29 is 54.2 Å². The lowest BCUT2D eigenvalue weighted by Gasteiger charge is -2.32. The second-order valence-corrected chi connectivity index (χ2v) is 8.60. The first-order valence-corrected chi connectivity index (χ1v) is 11.9. The number of benzene rings is 1. The molecule has 1 aromatic carbocycles. The van der Waals surface area contributed by atoms with Gasteiger partial charge in [0, 0.05) is 38.8 Å². The van der Waals surface area contributed by atoms with Gasteiger partial charge in [-0.3, -0.25) is 38.7 Å². The zero-order chi connectivity index (χ0) is 28.5. The Labute approximate surface area is 219 Å². The normalized spacial score (nSPS) is 12.1. The summed E-state index contributed by atoms with van der Waals surface area (Å²) in [6, 6.07) is 8.32. The first kappa shape index (κ1) is 32.4. The van der Waals surface area contributed by atoms with Crippen molar-refractivity contribution >= 4 is 29.8 Å². The zero-order valence-electron chi connectivity index (χ0n) is 21.0. The van der Waals surface area contributed by atoms with Gasteiger partial charge >= 0.3 is 29.8 Å². The fourth-order valence-corrected chi connectivity index (χ4v) is 3.68. The highest BCUT2D eigenvalue weighted by atomic mass is 16.5. The maximum atomic E-state index is 11.5. The number of carbonyl (C=O) groups is 5. The summed E-state index contributed by atoms with van der Waals surface area (Å²) in [6.45, 7) is -1.14. The molecule has 0 saturated carbocycles. The second kappa shape index (κ2) is 17.8. The Morgan fingerprint density at radius 1 is 0.658 bits per heavy atom. The molecule has 1 atom stereocenters. The fraction of sp³-hybridized carbons (Fsp3) is 0.542. The highest BCUT2D eigenvalue weighted by molar-refractivity contribution is 5.71. The minimum Gasteiger partial charge on any atom is -0.481 e. The van der Waals surface area contributed by atoms with Gasteiger partial charge in [-0.15, -0.1) is 0 Å². The Morgan fingerprint density at radius 3 is 1.68 bits per heavy atom. The molecule has 14 nitrogen and oxygen atoms in total. The van der Waals surface area contributed by atoms with E-state index in [9.17, 15) is 39.3 Å². The molecule has 0 heterocycles. The molecule has 5 N–H and O–H groups in total. The van der Waals surface area contributed by atoms with E-state index >= 15 is 0 Å². The van der Waals surface area contributed by atoms with E-state index in [1.165, 1.54) is 14.7 Å². The molecule has 0 fully saturated rings. The van der Waals surface area contributed by atoms with Gasteiger partial charge in [-0.05, 0) is 5.56 Å². The first-order valence-electron chi connectivity index (χ1n) is 11.9. The van der Waals surface area contributed by atoms with Crippen molar-refractivity contribution in [2.75, 3.05) is 59.0 Å². The quantitative estimate of drug-likeness (QED) is 0.128. The van der Waals surface area contributed by atoms with Gasteiger partial charge in [0.05, 0.1) is 45.7 Å². The monoisotopic (exact) mass is 541 g/mol. The van der Waals surface area contributed by atoms with E-state index < -0.39 is 61.9 Å². The number of carboxylic acid groups (broad SMARTS) is 5. The summed E-state index contributed by atoms with van der Waals surface area (Å²) in [5.41, 5.74) is 0.854. The lowest BCUT2D eigenvalue weighted by atomic mass is 10.1. The molecule has 1 aromatic rings. The molecular weight excluding hydrogens is 506 g/mol. The van der Waals surface area contributed by atoms with Crippen LogP contribution < -0.4 is 0 Å². The number of rotatable bonds is 22. The van der Waals surface area contributed by atoms with Crippen LogP contribution >= 0.6 is 0 Å². The number of nitrogens with zero attached hydrogens (tertiary/aromatic N) is 3. The van der Waals surface area contributed by atoms with E-state index in [-0.39, 0.29) is 52.4 Å². The average Bonchev–Trinajstić information content (AvgIpc) is 2.82. The van der Waals surface area contributed by atoms with E-state index in [4.69, 9.17) is 14.9 Å². The fourth-order valence-electron chi connectivity index (χ4n) is 3.68. The molecule has 0 aliphatic heterocycles. The maximum Gasteiger partial charge on any atom is 0.317 e. The van der Waals surface area contributed by atoms with Gasteiger partial charge in [0.25, 0.3) is 0 Å². The van der Waals surface area contributed by atoms with Crippen LogP contribution in [0.25, 0.3) is 0 Å². The van der Waals surface area contributed by atoms with Crippen LogP contribution in [0, 0.1) is 0 Å². The molecule has 0 bridgehead atoms. The molecule has 0 aliphatic carbocycles. The number of hydrogen-bond acceptors (Lipinski definition) is 9. The van der Waals surface area contributed by atoms with Gasteiger partial charge in [0.15, 0.2) is 0 Å². The molecule has 1 unspecified atom stereocenters. The molecule has 1 rings (SSSR count). The lowest BCUT2D eigenvalue weighted by Crippen LogP contribution is -2.48. The number of aliphatic carboxylic acids is 5. The third-order valence-electron chi connectivity index (χ3n) is 5.48. The van der Waals surface area contributed by atoms with Crippen molar-refractivity contribution in [1.29, 1.82) is 0 Å². The number of hydrogen-bond donors (Lipinski definition) is 5. The van der Waals surface area contributed by atoms with Gasteiger partial charge in [0.2, 0.25) is 0 Å². The second-order valence-electron chi connectivity index (χ2n) is 8.60. The molecule has 0 aromatic heterocycles. The van der Waals surface area contributed by atoms with Gasteiger partial charge in [-0.1, -0.05) is 30.3 Å². The summed E-state index contributed by atoms with van der Waals surface area (Å²) in [6.07, 6.45) is -0.693. The minimum atomic E-state index is -1.20. The Kier molecular flexibility index (Phi) is 15.2. The number of ether oxygens (including phenoxy) is 1. The third kappa shape index (κ3) is 15.5. The van der Waals surface area contributed by atoms with Crippen LogP contribution in [0.2, 0.25) is 0 Å². The molecule has 38 heavy (non-hydrogen) atoms. The molecular formula is C24H35N3O11. The van der Waals surface area contributed by atoms with Crippen molar-refractivity contribution in [3.05, 3.63) is 35.9 Å². The van der Waals surface area contributed by atoms with Crippen LogP contribution in [0.5, 0.6) is 0 Å². The van der Waals surface area contributed by atoms with Gasteiger partial charge in [-0.25, -0.2) is 0 Å². The van der Waals surface area contributed by atoms with Crippen LogP contribution in [0.4, 0.5) is 0 Å². The SMILES string of the molecule is O=C(O)CCN(CCN(CCN(CC(=O)O)C(COCc1ccccc1)CC(=O)O)CC(=O)O)CC(=O)O. The van der Waals surface area contributed by atoms with Gasteiger partial charge in [0.1, 0.15) is 0 Å². The van der Waals surface area contributed by atoms with E-state index in [1.807, 2.05) is 30.3 Å². The first-order chi connectivity index (χ1) is 18.0. The van der Waals surface area contributed by atoms with Crippen LogP contribution in [0.3, 0.4) is 0 Å². The molecule has 0 spiro atoms. The van der Waals surface area contributed by atoms with Crippen molar-refractivity contribution in [3.8, 4) is 0 Å². The third-order valence-corrected chi connectivity index (χ3v) is 5.48. The van der Waals surface area contributed by atoms with Gasteiger partial charge < -0.3 is 30.3 Å².